The SMILES string of the molecule is C[Si](C)(C)c1c(C(F)(F)F)nc2cc(I)c(F)cc2c1Br. The van der Waals surface area contributed by atoms with Crippen molar-refractivity contribution in [2.24, 2.45) is 0 Å². The number of pyridine rings is 1. The molecule has 0 atom stereocenters. The second-order valence-corrected chi connectivity index (χ2v) is 12.6. The zero-order valence-corrected chi connectivity index (χ0v) is 16.1. The largest absolute Gasteiger partial charge is 0.433 e. The highest BCUT2D eigenvalue weighted by atomic mass is 127. The van der Waals surface area contributed by atoms with Crippen LogP contribution in [0, 0.1) is 9.39 Å². The third kappa shape index (κ3) is 3.26. The molecule has 8 heteroatoms. The Morgan fingerprint density at radius 3 is 2.24 bits per heavy atom. The van der Waals surface area contributed by atoms with Gasteiger partial charge in [-0.1, -0.05) is 35.6 Å². The normalized spacial score (nSPS) is 13.0. The Morgan fingerprint density at radius 1 is 1.19 bits per heavy atom. The number of aromatic nitrogens is 1. The summed E-state index contributed by atoms with van der Waals surface area (Å²) in [4.78, 5) is 3.78. The van der Waals surface area contributed by atoms with Gasteiger partial charge in [-0.25, -0.2) is 9.37 Å². The van der Waals surface area contributed by atoms with Crippen molar-refractivity contribution >= 4 is 62.7 Å². The summed E-state index contributed by atoms with van der Waals surface area (Å²) in [5.41, 5.74) is -0.731. The molecule has 0 bridgehead atoms. The summed E-state index contributed by atoms with van der Waals surface area (Å²) in [6.45, 7) is 5.41. The summed E-state index contributed by atoms with van der Waals surface area (Å²) in [5.74, 6) is -0.466. The van der Waals surface area contributed by atoms with E-state index in [1.54, 1.807) is 42.2 Å². The zero-order chi connectivity index (χ0) is 16.2. The molecule has 21 heavy (non-hydrogen) atoms. The van der Waals surface area contributed by atoms with E-state index in [2.05, 4.69) is 20.9 Å². The number of halogens is 6. The van der Waals surface area contributed by atoms with Gasteiger partial charge in [-0.15, -0.1) is 0 Å². The van der Waals surface area contributed by atoms with E-state index in [4.69, 9.17) is 0 Å². The van der Waals surface area contributed by atoms with E-state index in [1.165, 1.54) is 12.1 Å². The van der Waals surface area contributed by atoms with E-state index in [0.717, 1.165) is 0 Å². The second kappa shape index (κ2) is 5.45. The lowest BCUT2D eigenvalue weighted by Gasteiger charge is -2.24. The number of fused-ring (bicyclic) bond motifs is 1. The van der Waals surface area contributed by atoms with Crippen LogP contribution < -0.4 is 5.19 Å². The predicted molar refractivity (Wildman–Crippen MR) is 90.1 cm³/mol. The number of hydrogen-bond acceptors (Lipinski definition) is 1. The van der Waals surface area contributed by atoms with Crippen molar-refractivity contribution in [3.8, 4) is 0 Å². The van der Waals surface area contributed by atoms with E-state index in [0.29, 0.717) is 9.86 Å². The highest BCUT2D eigenvalue weighted by molar-refractivity contribution is 14.1. The average Bonchev–Trinajstić information content (AvgIpc) is 2.28. The molecule has 2 rings (SSSR count). The molecule has 0 spiro atoms. The fourth-order valence-electron chi connectivity index (χ4n) is 2.11. The summed E-state index contributed by atoms with van der Waals surface area (Å²) in [6.07, 6.45) is -4.54. The molecule has 1 heterocycles. The molecule has 1 aromatic heterocycles. The van der Waals surface area contributed by atoms with Gasteiger partial charge in [-0.05, 0) is 39.9 Å². The monoisotopic (exact) mass is 491 g/mol. The van der Waals surface area contributed by atoms with E-state index in [1.807, 2.05) is 0 Å². The number of alkyl halides is 3. The lowest BCUT2D eigenvalue weighted by molar-refractivity contribution is -0.140. The Bertz CT molecular complexity index is 725. The third-order valence-corrected chi connectivity index (χ3v) is 6.99. The minimum atomic E-state index is -4.54. The maximum Gasteiger partial charge on any atom is 0.433 e. The van der Waals surface area contributed by atoms with Crippen molar-refractivity contribution in [3.63, 3.8) is 0 Å². The van der Waals surface area contributed by atoms with Crippen LogP contribution in [-0.4, -0.2) is 13.1 Å². The second-order valence-electron chi connectivity index (χ2n) is 5.68. The summed E-state index contributed by atoms with van der Waals surface area (Å²) in [7, 11) is -2.33. The number of hydrogen-bond donors (Lipinski definition) is 0. The van der Waals surface area contributed by atoms with Gasteiger partial charge >= 0.3 is 6.18 Å². The first-order valence-electron chi connectivity index (χ1n) is 5.99. The molecular formula is C13H11BrF4INSi. The van der Waals surface area contributed by atoms with Gasteiger partial charge in [0.25, 0.3) is 0 Å². The van der Waals surface area contributed by atoms with E-state index < -0.39 is 25.8 Å². The van der Waals surface area contributed by atoms with Gasteiger partial charge in [0.1, 0.15) is 11.5 Å². The van der Waals surface area contributed by atoms with Crippen LogP contribution in [0.3, 0.4) is 0 Å². The van der Waals surface area contributed by atoms with E-state index in [9.17, 15) is 17.6 Å². The van der Waals surface area contributed by atoms with Crippen molar-refractivity contribution in [2.75, 3.05) is 0 Å². The fourth-order valence-corrected chi connectivity index (χ4v) is 6.55. The fraction of sp³-hybridized carbons (Fsp3) is 0.308. The van der Waals surface area contributed by atoms with Gasteiger partial charge in [0.2, 0.25) is 0 Å². The Labute approximate surface area is 142 Å². The quantitative estimate of drug-likeness (QED) is 0.299. The van der Waals surface area contributed by atoms with Crippen LogP contribution in [0.1, 0.15) is 5.69 Å². The maximum absolute atomic E-state index is 13.7. The Balaban J connectivity index is 2.98. The Hall–Kier alpha value is -0.223. The molecule has 2 aromatic rings. The minimum absolute atomic E-state index is 0.141. The van der Waals surface area contributed by atoms with Crippen LogP contribution in [0.25, 0.3) is 10.9 Å². The number of rotatable bonds is 1. The first kappa shape index (κ1) is 17.1. The summed E-state index contributed by atoms with van der Waals surface area (Å²) in [6, 6.07) is 2.57. The van der Waals surface area contributed by atoms with Gasteiger partial charge in [0.05, 0.1) is 17.2 Å². The molecule has 0 aliphatic rings. The highest BCUT2D eigenvalue weighted by Gasteiger charge is 2.40. The highest BCUT2D eigenvalue weighted by Crippen LogP contribution is 2.34. The summed E-state index contributed by atoms with van der Waals surface area (Å²) >= 11 is 4.98. The average molecular weight is 492 g/mol. The van der Waals surface area contributed by atoms with Crippen LogP contribution in [0.5, 0.6) is 0 Å². The van der Waals surface area contributed by atoms with Gasteiger partial charge in [-0.2, -0.15) is 13.2 Å². The summed E-state index contributed by atoms with van der Waals surface area (Å²) in [5, 5.41) is 0.543. The van der Waals surface area contributed by atoms with Crippen molar-refractivity contribution in [1.29, 1.82) is 0 Å². The lowest BCUT2D eigenvalue weighted by atomic mass is 10.2. The van der Waals surface area contributed by atoms with Crippen LogP contribution >= 0.6 is 38.5 Å². The lowest BCUT2D eigenvalue weighted by Crippen LogP contribution is -2.44. The van der Waals surface area contributed by atoms with Gasteiger partial charge in [0.15, 0.2) is 0 Å². The summed E-state index contributed by atoms with van der Waals surface area (Å²) < 4.78 is 54.3. The molecule has 0 aliphatic carbocycles. The third-order valence-electron chi connectivity index (χ3n) is 2.98. The molecule has 0 saturated carbocycles. The number of benzene rings is 1. The molecule has 0 amide bonds. The van der Waals surface area contributed by atoms with Gasteiger partial charge in [-0.3, -0.25) is 0 Å². The predicted octanol–water partition coefficient (Wildman–Crippen LogP) is 5.31. The van der Waals surface area contributed by atoms with E-state index in [-0.39, 0.29) is 14.3 Å². The molecule has 0 fully saturated rings. The molecule has 0 saturated heterocycles. The molecular weight excluding hydrogens is 481 g/mol. The van der Waals surface area contributed by atoms with E-state index >= 15 is 0 Å². The van der Waals surface area contributed by atoms with Crippen molar-refractivity contribution in [2.45, 2.75) is 25.8 Å². The van der Waals surface area contributed by atoms with Crippen LogP contribution in [-0.2, 0) is 6.18 Å². The minimum Gasteiger partial charge on any atom is -0.243 e. The topological polar surface area (TPSA) is 12.9 Å². The van der Waals surface area contributed by atoms with Gasteiger partial charge < -0.3 is 0 Å². The van der Waals surface area contributed by atoms with Crippen LogP contribution in [0.2, 0.25) is 19.6 Å². The standard InChI is InChI=1S/C13H11BrF4INSi/c1-21(2,3)11-10(14)6-4-7(15)8(19)5-9(6)20-12(11)13(16,17)18/h4-5H,1-3H3. The molecule has 1 aromatic carbocycles. The molecule has 0 aliphatic heterocycles. The maximum atomic E-state index is 13.7. The zero-order valence-electron chi connectivity index (χ0n) is 11.4. The first-order valence-corrected chi connectivity index (χ1v) is 11.4. The molecule has 1 nitrogen and oxygen atoms in total. The Morgan fingerprint density at radius 2 is 1.76 bits per heavy atom. The first-order chi connectivity index (χ1) is 9.43. The van der Waals surface area contributed by atoms with Gasteiger partial charge in [0, 0.05) is 9.86 Å². The van der Waals surface area contributed by atoms with Crippen LogP contribution in [0.4, 0.5) is 17.6 Å². The van der Waals surface area contributed by atoms with Crippen molar-refractivity contribution in [1.82, 2.24) is 4.98 Å². The molecule has 0 N–H and O–H groups in total. The molecule has 0 radical (unpaired) electrons. The Kier molecular flexibility index (Phi) is 4.45. The number of nitrogens with zero attached hydrogens (tertiary/aromatic N) is 1. The smallest absolute Gasteiger partial charge is 0.243 e. The van der Waals surface area contributed by atoms with Crippen LogP contribution in [0.15, 0.2) is 16.6 Å². The van der Waals surface area contributed by atoms with Crippen molar-refractivity contribution < 1.29 is 17.6 Å². The molecule has 114 valence electrons. The molecule has 0 unspecified atom stereocenters. The van der Waals surface area contributed by atoms with Crippen molar-refractivity contribution in [3.05, 3.63) is 31.7 Å².